The number of anilines is 1. The molecule has 21 heavy (non-hydrogen) atoms. The molecular formula is C16H14FNO2S. The highest BCUT2D eigenvalue weighted by atomic mass is 32.2. The first-order valence-electron chi connectivity index (χ1n) is 6.34. The smallest absolute Gasteiger partial charge is 0.221 e. The van der Waals surface area contributed by atoms with Crippen molar-refractivity contribution in [1.29, 1.82) is 0 Å². The summed E-state index contributed by atoms with van der Waals surface area (Å²) in [6, 6.07) is 12.9. The normalized spacial score (nSPS) is 10.2. The molecule has 2 aromatic carbocycles. The zero-order valence-corrected chi connectivity index (χ0v) is 12.2. The fourth-order valence-electron chi connectivity index (χ4n) is 1.73. The Bertz CT molecular complexity index is 656. The lowest BCUT2D eigenvalue weighted by atomic mass is 10.1. The highest BCUT2D eigenvalue weighted by molar-refractivity contribution is 8.00. The van der Waals surface area contributed by atoms with Gasteiger partial charge in [0.05, 0.1) is 5.75 Å². The van der Waals surface area contributed by atoms with E-state index in [1.54, 1.807) is 18.2 Å². The molecule has 0 fully saturated rings. The molecule has 0 unspecified atom stereocenters. The van der Waals surface area contributed by atoms with E-state index in [4.69, 9.17) is 0 Å². The highest BCUT2D eigenvalue weighted by Gasteiger charge is 2.07. The second-order valence-electron chi connectivity index (χ2n) is 4.43. The number of benzene rings is 2. The number of amides is 1. The largest absolute Gasteiger partial charge is 0.326 e. The van der Waals surface area contributed by atoms with Gasteiger partial charge in [-0.25, -0.2) is 4.39 Å². The number of rotatable bonds is 5. The van der Waals surface area contributed by atoms with Gasteiger partial charge in [-0.1, -0.05) is 12.1 Å². The maximum absolute atomic E-state index is 13.0. The molecule has 0 aliphatic rings. The number of ketones is 1. The van der Waals surface area contributed by atoms with Crippen LogP contribution in [0.15, 0.2) is 53.4 Å². The van der Waals surface area contributed by atoms with E-state index < -0.39 is 5.82 Å². The first-order chi connectivity index (χ1) is 10.0. The van der Waals surface area contributed by atoms with Crippen molar-refractivity contribution in [2.45, 2.75) is 11.8 Å². The van der Waals surface area contributed by atoms with Crippen LogP contribution in [0, 0.1) is 5.82 Å². The fraction of sp³-hybridized carbons (Fsp3) is 0.125. The van der Waals surface area contributed by atoms with E-state index in [0.29, 0.717) is 11.3 Å². The van der Waals surface area contributed by atoms with Gasteiger partial charge in [0, 0.05) is 23.1 Å². The molecule has 2 aromatic rings. The van der Waals surface area contributed by atoms with Gasteiger partial charge in [0.15, 0.2) is 5.78 Å². The van der Waals surface area contributed by atoms with Crippen LogP contribution >= 0.6 is 11.8 Å². The molecule has 108 valence electrons. The number of halogens is 1. The Kier molecular flexibility index (Phi) is 5.11. The Labute approximate surface area is 126 Å². The van der Waals surface area contributed by atoms with Crippen LogP contribution in [0.4, 0.5) is 10.1 Å². The number of hydrogen-bond acceptors (Lipinski definition) is 3. The molecule has 1 N–H and O–H groups in total. The van der Waals surface area contributed by atoms with Crippen molar-refractivity contribution in [3.8, 4) is 0 Å². The number of carbonyl (C=O) groups excluding carboxylic acids is 2. The minimum atomic E-state index is -0.412. The molecular weight excluding hydrogens is 289 g/mol. The lowest BCUT2D eigenvalue weighted by Gasteiger charge is -2.04. The van der Waals surface area contributed by atoms with Crippen LogP contribution in [-0.4, -0.2) is 17.4 Å². The molecule has 0 radical (unpaired) electrons. The molecule has 5 heteroatoms. The van der Waals surface area contributed by atoms with Gasteiger partial charge in [-0.15, -0.1) is 11.8 Å². The van der Waals surface area contributed by atoms with Gasteiger partial charge in [-0.3, -0.25) is 9.59 Å². The summed E-state index contributed by atoms with van der Waals surface area (Å²) >= 11 is 1.37. The van der Waals surface area contributed by atoms with E-state index in [9.17, 15) is 14.0 Å². The number of carbonyl (C=O) groups is 2. The topological polar surface area (TPSA) is 46.2 Å². The minimum absolute atomic E-state index is 0.120. The molecule has 0 spiro atoms. The highest BCUT2D eigenvalue weighted by Crippen LogP contribution is 2.21. The van der Waals surface area contributed by atoms with Crippen LogP contribution < -0.4 is 5.32 Å². The van der Waals surface area contributed by atoms with Gasteiger partial charge in [0.25, 0.3) is 0 Å². The van der Waals surface area contributed by atoms with Crippen molar-refractivity contribution >= 4 is 29.1 Å². The number of nitrogens with one attached hydrogen (secondary N) is 1. The first-order valence-corrected chi connectivity index (χ1v) is 7.32. The van der Waals surface area contributed by atoms with Crippen LogP contribution in [0.2, 0.25) is 0 Å². The Morgan fingerprint density at radius 3 is 2.48 bits per heavy atom. The number of thioether (sulfide) groups is 1. The molecule has 0 atom stereocenters. The third kappa shape index (κ3) is 4.72. The summed E-state index contributed by atoms with van der Waals surface area (Å²) in [5.74, 6) is -0.421. The summed E-state index contributed by atoms with van der Waals surface area (Å²) in [6.07, 6.45) is 0. The fourth-order valence-corrected chi connectivity index (χ4v) is 2.52. The average molecular weight is 303 g/mol. The second kappa shape index (κ2) is 7.04. The Hall–Kier alpha value is -2.14. The van der Waals surface area contributed by atoms with Gasteiger partial charge >= 0.3 is 0 Å². The van der Waals surface area contributed by atoms with Crippen molar-refractivity contribution in [1.82, 2.24) is 0 Å². The van der Waals surface area contributed by atoms with Gasteiger partial charge < -0.3 is 5.32 Å². The number of hydrogen-bond donors (Lipinski definition) is 1. The molecule has 2 rings (SSSR count). The van der Waals surface area contributed by atoms with E-state index in [2.05, 4.69) is 5.32 Å². The molecule has 0 saturated heterocycles. The van der Waals surface area contributed by atoms with E-state index in [-0.39, 0.29) is 17.4 Å². The van der Waals surface area contributed by atoms with Gasteiger partial charge in [0.1, 0.15) is 5.82 Å². The molecule has 1 amide bonds. The summed E-state index contributed by atoms with van der Waals surface area (Å²) in [5, 5.41) is 2.67. The average Bonchev–Trinajstić information content (AvgIpc) is 2.45. The van der Waals surface area contributed by atoms with Gasteiger partial charge in [-0.2, -0.15) is 0 Å². The van der Waals surface area contributed by atoms with Crippen LogP contribution in [-0.2, 0) is 4.79 Å². The van der Waals surface area contributed by atoms with Crippen LogP contribution in [0.25, 0.3) is 0 Å². The zero-order valence-electron chi connectivity index (χ0n) is 11.4. The lowest BCUT2D eigenvalue weighted by molar-refractivity contribution is -0.114. The maximum atomic E-state index is 13.0. The molecule has 0 aromatic heterocycles. The predicted octanol–water partition coefficient (Wildman–Crippen LogP) is 3.76. The molecule has 0 bridgehead atoms. The van der Waals surface area contributed by atoms with Crippen molar-refractivity contribution in [2.75, 3.05) is 11.1 Å². The minimum Gasteiger partial charge on any atom is -0.326 e. The van der Waals surface area contributed by atoms with Crippen molar-refractivity contribution in [3.05, 3.63) is 59.9 Å². The summed E-state index contributed by atoms with van der Waals surface area (Å²) < 4.78 is 13.0. The van der Waals surface area contributed by atoms with Crippen molar-refractivity contribution < 1.29 is 14.0 Å². The molecule has 3 nitrogen and oxygen atoms in total. The standard InChI is InChI=1S/C16H14FNO2S/c1-11(19)18-14-5-7-15(8-6-14)21-10-16(20)12-3-2-4-13(17)9-12/h2-9H,10H2,1H3,(H,18,19). The summed E-state index contributed by atoms with van der Waals surface area (Å²) in [4.78, 5) is 23.8. The van der Waals surface area contributed by atoms with Crippen molar-refractivity contribution in [3.63, 3.8) is 0 Å². The molecule has 0 aliphatic heterocycles. The van der Waals surface area contributed by atoms with Crippen LogP contribution in [0.5, 0.6) is 0 Å². The SMILES string of the molecule is CC(=O)Nc1ccc(SCC(=O)c2cccc(F)c2)cc1. The van der Waals surface area contributed by atoms with E-state index in [0.717, 1.165) is 4.90 Å². The molecule has 0 aliphatic carbocycles. The third-order valence-electron chi connectivity index (χ3n) is 2.69. The summed E-state index contributed by atoms with van der Waals surface area (Å²) in [6.45, 7) is 1.44. The quantitative estimate of drug-likeness (QED) is 0.676. The van der Waals surface area contributed by atoms with Gasteiger partial charge in [-0.05, 0) is 36.4 Å². The van der Waals surface area contributed by atoms with Gasteiger partial charge in [0.2, 0.25) is 5.91 Å². The van der Waals surface area contributed by atoms with E-state index in [1.165, 1.54) is 36.9 Å². The summed E-state index contributed by atoms with van der Waals surface area (Å²) in [5.41, 5.74) is 1.08. The van der Waals surface area contributed by atoms with E-state index >= 15 is 0 Å². The Morgan fingerprint density at radius 2 is 1.86 bits per heavy atom. The third-order valence-corrected chi connectivity index (χ3v) is 3.70. The summed E-state index contributed by atoms with van der Waals surface area (Å²) in [7, 11) is 0. The first kappa shape index (κ1) is 15.3. The monoisotopic (exact) mass is 303 g/mol. The molecule has 0 heterocycles. The molecule has 0 saturated carbocycles. The Balaban J connectivity index is 1.93. The van der Waals surface area contributed by atoms with Crippen molar-refractivity contribution in [2.24, 2.45) is 0 Å². The van der Waals surface area contributed by atoms with Crippen LogP contribution in [0.3, 0.4) is 0 Å². The predicted molar refractivity (Wildman–Crippen MR) is 82.2 cm³/mol. The van der Waals surface area contributed by atoms with Crippen LogP contribution in [0.1, 0.15) is 17.3 Å². The second-order valence-corrected chi connectivity index (χ2v) is 5.48. The zero-order chi connectivity index (χ0) is 15.2. The Morgan fingerprint density at radius 1 is 1.14 bits per heavy atom. The lowest BCUT2D eigenvalue weighted by Crippen LogP contribution is -2.05. The maximum Gasteiger partial charge on any atom is 0.221 e. The number of Topliss-reactive ketones (excluding diaryl/α,β-unsaturated/α-hetero) is 1. The van der Waals surface area contributed by atoms with E-state index in [1.807, 2.05) is 12.1 Å².